The molecular formula is C21H18F2N4O4S. The largest absolute Gasteiger partial charge is 0.497 e. The SMILES string of the molecule is COc1cc(F)c(CN2C(=O)N(c3ccc(OC)c(OC)n3)Sc3cccnc32)c(F)c1. The van der Waals surface area contributed by atoms with Gasteiger partial charge < -0.3 is 14.2 Å². The standard InChI is InChI=1S/C21H18F2N4O4S/c1-29-12-9-14(22)13(15(23)10-12)11-26-19-17(5-4-8-24-19)32-27(21(26)28)18-7-6-16(30-2)20(25-18)31-3/h4-10H,11H2,1-3H3. The first-order valence-electron chi connectivity index (χ1n) is 9.32. The quantitative estimate of drug-likeness (QED) is 0.504. The molecule has 166 valence electrons. The van der Waals surface area contributed by atoms with Gasteiger partial charge in [-0.05, 0) is 24.3 Å². The summed E-state index contributed by atoms with van der Waals surface area (Å²) >= 11 is 1.09. The molecule has 0 fully saturated rings. The predicted octanol–water partition coefficient (Wildman–Crippen LogP) is 4.43. The van der Waals surface area contributed by atoms with E-state index in [1.807, 2.05) is 0 Å². The second-order valence-corrected chi connectivity index (χ2v) is 7.52. The van der Waals surface area contributed by atoms with Crippen molar-refractivity contribution in [1.29, 1.82) is 0 Å². The molecule has 3 aromatic rings. The van der Waals surface area contributed by atoms with Crippen LogP contribution in [-0.4, -0.2) is 37.3 Å². The first-order chi connectivity index (χ1) is 15.5. The Morgan fingerprint density at radius 3 is 2.44 bits per heavy atom. The lowest BCUT2D eigenvalue weighted by Gasteiger charge is -2.34. The molecule has 1 aromatic carbocycles. The molecule has 0 bridgehead atoms. The van der Waals surface area contributed by atoms with Crippen LogP contribution in [0, 0.1) is 11.6 Å². The number of carbonyl (C=O) groups is 1. The monoisotopic (exact) mass is 460 g/mol. The molecular weight excluding hydrogens is 442 g/mol. The molecule has 11 heteroatoms. The highest BCUT2D eigenvalue weighted by Gasteiger charge is 2.35. The van der Waals surface area contributed by atoms with E-state index in [1.54, 1.807) is 24.3 Å². The van der Waals surface area contributed by atoms with Crippen molar-refractivity contribution in [2.45, 2.75) is 11.4 Å². The molecule has 0 N–H and O–H groups in total. The molecule has 3 heterocycles. The van der Waals surface area contributed by atoms with Gasteiger partial charge in [0.2, 0.25) is 0 Å². The van der Waals surface area contributed by atoms with Crippen LogP contribution in [0.25, 0.3) is 0 Å². The summed E-state index contributed by atoms with van der Waals surface area (Å²) in [5.74, 6) is -0.496. The lowest BCUT2D eigenvalue weighted by molar-refractivity contribution is 0.253. The summed E-state index contributed by atoms with van der Waals surface area (Å²) in [7, 11) is 4.22. The minimum Gasteiger partial charge on any atom is -0.497 e. The fourth-order valence-corrected chi connectivity index (χ4v) is 4.07. The minimum absolute atomic E-state index is 0.0407. The van der Waals surface area contributed by atoms with Crippen molar-refractivity contribution >= 4 is 29.6 Å². The van der Waals surface area contributed by atoms with E-state index >= 15 is 0 Å². The van der Waals surface area contributed by atoms with E-state index in [0.29, 0.717) is 10.6 Å². The molecule has 0 saturated heterocycles. The van der Waals surface area contributed by atoms with Crippen molar-refractivity contribution in [2.75, 3.05) is 30.5 Å². The van der Waals surface area contributed by atoms with E-state index in [2.05, 4.69) is 9.97 Å². The molecule has 0 spiro atoms. The maximum Gasteiger partial charge on any atom is 0.342 e. The number of fused-ring (bicyclic) bond motifs is 1. The second kappa shape index (κ2) is 8.87. The number of hydrogen-bond acceptors (Lipinski definition) is 7. The molecule has 0 atom stereocenters. The number of hydrogen-bond donors (Lipinski definition) is 0. The molecule has 4 rings (SSSR count). The Hall–Kier alpha value is -3.60. The second-order valence-electron chi connectivity index (χ2n) is 6.53. The maximum absolute atomic E-state index is 14.6. The number of nitrogens with zero attached hydrogens (tertiary/aromatic N) is 4. The smallest absolute Gasteiger partial charge is 0.342 e. The summed E-state index contributed by atoms with van der Waals surface area (Å²) in [6.45, 7) is -0.380. The third-order valence-corrected chi connectivity index (χ3v) is 5.74. The molecule has 0 saturated carbocycles. The Morgan fingerprint density at radius 2 is 1.78 bits per heavy atom. The first kappa shape index (κ1) is 21.6. The number of ether oxygens (including phenoxy) is 3. The van der Waals surface area contributed by atoms with Gasteiger partial charge in [-0.15, -0.1) is 0 Å². The van der Waals surface area contributed by atoms with E-state index < -0.39 is 17.7 Å². The summed E-state index contributed by atoms with van der Waals surface area (Å²) in [6, 6.07) is 8.20. The normalized spacial score (nSPS) is 13.1. The minimum atomic E-state index is -0.832. The summed E-state index contributed by atoms with van der Waals surface area (Å²) in [6.07, 6.45) is 1.50. The van der Waals surface area contributed by atoms with Crippen LogP contribution in [0.4, 0.5) is 25.2 Å². The van der Waals surface area contributed by atoms with E-state index in [4.69, 9.17) is 14.2 Å². The number of methoxy groups -OCH3 is 3. The predicted molar refractivity (Wildman–Crippen MR) is 114 cm³/mol. The van der Waals surface area contributed by atoms with Gasteiger partial charge in [0.15, 0.2) is 17.4 Å². The fraction of sp³-hybridized carbons (Fsp3) is 0.190. The number of amides is 2. The Bertz CT molecular complexity index is 1160. The molecule has 1 aliphatic heterocycles. The third kappa shape index (κ3) is 3.86. The van der Waals surface area contributed by atoms with Gasteiger partial charge in [-0.2, -0.15) is 4.98 Å². The Morgan fingerprint density at radius 1 is 1.03 bits per heavy atom. The molecule has 2 aromatic heterocycles. The third-order valence-electron chi connectivity index (χ3n) is 4.70. The molecule has 2 amide bonds. The number of carbonyl (C=O) groups excluding carboxylic acids is 1. The first-order valence-corrected chi connectivity index (χ1v) is 10.1. The Balaban J connectivity index is 1.76. The van der Waals surface area contributed by atoms with Gasteiger partial charge >= 0.3 is 6.03 Å². The molecule has 1 aliphatic rings. The number of urea groups is 1. The van der Waals surface area contributed by atoms with Crippen molar-refractivity contribution in [2.24, 2.45) is 0 Å². The zero-order valence-corrected chi connectivity index (χ0v) is 18.2. The highest BCUT2D eigenvalue weighted by atomic mass is 32.2. The fourth-order valence-electron chi connectivity index (χ4n) is 3.12. The lowest BCUT2D eigenvalue weighted by Crippen LogP contribution is -2.44. The number of pyridine rings is 2. The van der Waals surface area contributed by atoms with Crippen molar-refractivity contribution in [3.05, 3.63) is 59.8 Å². The number of benzene rings is 1. The van der Waals surface area contributed by atoms with Crippen LogP contribution in [-0.2, 0) is 6.54 Å². The van der Waals surface area contributed by atoms with Crippen LogP contribution in [0.15, 0.2) is 47.5 Å². The van der Waals surface area contributed by atoms with Crippen LogP contribution in [0.3, 0.4) is 0 Å². The van der Waals surface area contributed by atoms with Crippen LogP contribution in [0.1, 0.15) is 5.56 Å². The van der Waals surface area contributed by atoms with E-state index in [0.717, 1.165) is 24.1 Å². The van der Waals surface area contributed by atoms with Gasteiger partial charge in [0, 0.05) is 35.8 Å². The van der Waals surface area contributed by atoms with Gasteiger partial charge in [0.25, 0.3) is 5.88 Å². The highest BCUT2D eigenvalue weighted by Crippen LogP contribution is 2.41. The van der Waals surface area contributed by atoms with Crippen molar-refractivity contribution in [1.82, 2.24) is 9.97 Å². The van der Waals surface area contributed by atoms with Crippen molar-refractivity contribution in [3.8, 4) is 17.4 Å². The van der Waals surface area contributed by atoms with Crippen molar-refractivity contribution in [3.63, 3.8) is 0 Å². The van der Waals surface area contributed by atoms with Crippen LogP contribution in [0.5, 0.6) is 17.4 Å². The number of aromatic nitrogens is 2. The molecule has 8 nitrogen and oxygen atoms in total. The summed E-state index contributed by atoms with van der Waals surface area (Å²) < 4.78 is 45.9. The number of anilines is 2. The molecule has 0 unspecified atom stereocenters. The molecule has 32 heavy (non-hydrogen) atoms. The van der Waals surface area contributed by atoms with Gasteiger partial charge in [-0.25, -0.2) is 22.9 Å². The topological polar surface area (TPSA) is 77.0 Å². The highest BCUT2D eigenvalue weighted by molar-refractivity contribution is 8.01. The molecule has 0 radical (unpaired) electrons. The van der Waals surface area contributed by atoms with E-state index in [1.165, 1.54) is 36.7 Å². The van der Waals surface area contributed by atoms with E-state index in [-0.39, 0.29) is 35.4 Å². The average Bonchev–Trinajstić information content (AvgIpc) is 2.81. The summed E-state index contributed by atoms with van der Waals surface area (Å²) in [5.41, 5.74) is -0.289. The zero-order valence-electron chi connectivity index (χ0n) is 17.3. The Kier molecular flexibility index (Phi) is 5.99. The molecule has 0 aliphatic carbocycles. The number of rotatable bonds is 6. The van der Waals surface area contributed by atoms with Gasteiger partial charge in [0.1, 0.15) is 17.4 Å². The maximum atomic E-state index is 14.6. The lowest BCUT2D eigenvalue weighted by atomic mass is 10.1. The van der Waals surface area contributed by atoms with Gasteiger partial charge in [-0.1, -0.05) is 0 Å². The van der Waals surface area contributed by atoms with Crippen molar-refractivity contribution < 1.29 is 27.8 Å². The summed E-state index contributed by atoms with van der Waals surface area (Å²) in [4.78, 5) is 23.8. The zero-order chi connectivity index (χ0) is 22.8. The van der Waals surface area contributed by atoms with E-state index in [9.17, 15) is 13.6 Å². The summed E-state index contributed by atoms with van der Waals surface area (Å²) in [5, 5.41) is 0. The van der Waals surface area contributed by atoms with Crippen LogP contribution in [0.2, 0.25) is 0 Å². The van der Waals surface area contributed by atoms with Crippen LogP contribution >= 0.6 is 11.9 Å². The number of halogens is 2. The average molecular weight is 460 g/mol. The van der Waals surface area contributed by atoms with Crippen LogP contribution < -0.4 is 23.4 Å². The van der Waals surface area contributed by atoms with Gasteiger partial charge in [0.05, 0.1) is 32.8 Å². The van der Waals surface area contributed by atoms with Gasteiger partial charge in [-0.3, -0.25) is 4.90 Å². The Labute approximate surface area is 186 Å².